The molecule has 0 fully saturated rings. The van der Waals surface area contributed by atoms with Crippen LogP contribution in [0.5, 0.6) is 0 Å². The molecule has 1 atom stereocenters. The van der Waals surface area contributed by atoms with Gasteiger partial charge in [0.1, 0.15) is 11.6 Å². The number of hydrogen-bond donors (Lipinski definition) is 3. The molecule has 0 saturated heterocycles. The Bertz CT molecular complexity index is 358. The summed E-state index contributed by atoms with van der Waals surface area (Å²) >= 11 is 1.85. The average Bonchev–Trinajstić information content (AvgIpc) is 2.34. The van der Waals surface area contributed by atoms with Gasteiger partial charge in [-0.1, -0.05) is 13.8 Å². The summed E-state index contributed by atoms with van der Waals surface area (Å²) in [5.74, 6) is 3.60. The van der Waals surface area contributed by atoms with Crippen LogP contribution in [-0.4, -0.2) is 35.1 Å². The van der Waals surface area contributed by atoms with E-state index >= 15 is 0 Å². The fraction of sp³-hybridized carbons (Fsp3) is 0.667. The van der Waals surface area contributed by atoms with E-state index in [0.29, 0.717) is 11.9 Å². The summed E-state index contributed by atoms with van der Waals surface area (Å²) in [6.07, 6.45) is 3.17. The third kappa shape index (κ3) is 5.44. The second kappa shape index (κ2) is 8.02. The highest BCUT2D eigenvalue weighted by atomic mass is 32.2. The van der Waals surface area contributed by atoms with Crippen LogP contribution in [0.3, 0.4) is 0 Å². The maximum atomic E-state index is 5.69. The Hall–Kier alpha value is -1.17. The van der Waals surface area contributed by atoms with Gasteiger partial charge in [0.25, 0.3) is 0 Å². The van der Waals surface area contributed by atoms with Crippen LogP contribution in [0, 0.1) is 5.92 Å². The van der Waals surface area contributed by atoms with Gasteiger partial charge in [-0.15, -0.1) is 0 Å². The van der Waals surface area contributed by atoms with Crippen LogP contribution in [-0.2, 0) is 0 Å². The number of anilines is 3. The third-order valence-corrected chi connectivity index (χ3v) is 3.28. The van der Waals surface area contributed by atoms with E-state index < -0.39 is 0 Å². The summed E-state index contributed by atoms with van der Waals surface area (Å²) in [4.78, 5) is 8.33. The molecule has 0 aromatic carbocycles. The van der Waals surface area contributed by atoms with Crippen molar-refractivity contribution < 1.29 is 0 Å². The first-order chi connectivity index (χ1) is 8.65. The molecule has 102 valence electrons. The van der Waals surface area contributed by atoms with Crippen molar-refractivity contribution in [1.82, 2.24) is 9.97 Å². The molecule has 5 nitrogen and oxygen atoms in total. The molecule has 0 amide bonds. The van der Waals surface area contributed by atoms with Gasteiger partial charge in [0, 0.05) is 19.2 Å². The van der Waals surface area contributed by atoms with Crippen molar-refractivity contribution in [1.29, 1.82) is 0 Å². The van der Waals surface area contributed by atoms with Crippen molar-refractivity contribution in [2.75, 3.05) is 41.5 Å². The first-order valence-corrected chi connectivity index (χ1v) is 7.66. The van der Waals surface area contributed by atoms with E-state index in [9.17, 15) is 0 Å². The molecule has 0 saturated carbocycles. The van der Waals surface area contributed by atoms with E-state index in [1.54, 1.807) is 0 Å². The van der Waals surface area contributed by atoms with E-state index in [1.165, 1.54) is 0 Å². The largest absolute Gasteiger partial charge is 0.370 e. The fourth-order valence-corrected chi connectivity index (χ4v) is 2.21. The Labute approximate surface area is 113 Å². The number of nitrogens with zero attached hydrogens (tertiary/aromatic N) is 2. The zero-order chi connectivity index (χ0) is 13.4. The van der Waals surface area contributed by atoms with Crippen LogP contribution in [0.4, 0.5) is 17.6 Å². The molecule has 1 heterocycles. The molecule has 0 spiro atoms. The molecule has 0 radical (unpaired) electrons. The molecule has 4 N–H and O–H groups in total. The highest BCUT2D eigenvalue weighted by Gasteiger charge is 2.04. The third-order valence-electron chi connectivity index (χ3n) is 2.38. The van der Waals surface area contributed by atoms with E-state index in [2.05, 4.69) is 40.7 Å². The molecule has 1 rings (SSSR count). The van der Waals surface area contributed by atoms with Crippen LogP contribution < -0.4 is 16.4 Å². The lowest BCUT2D eigenvalue weighted by molar-refractivity contribution is 0.699. The monoisotopic (exact) mass is 269 g/mol. The smallest absolute Gasteiger partial charge is 0.223 e. The van der Waals surface area contributed by atoms with E-state index in [4.69, 9.17) is 5.73 Å². The van der Waals surface area contributed by atoms with Gasteiger partial charge in [-0.2, -0.15) is 21.7 Å². The quantitative estimate of drug-likeness (QED) is 0.672. The minimum Gasteiger partial charge on any atom is -0.370 e. The molecule has 0 bridgehead atoms. The van der Waals surface area contributed by atoms with Gasteiger partial charge < -0.3 is 16.4 Å². The predicted molar refractivity (Wildman–Crippen MR) is 81.3 cm³/mol. The number of hydrogen-bond acceptors (Lipinski definition) is 6. The summed E-state index contributed by atoms with van der Waals surface area (Å²) in [6, 6.07) is 1.90. The van der Waals surface area contributed by atoms with Crippen LogP contribution in [0.15, 0.2) is 6.07 Å². The van der Waals surface area contributed by atoms with Crippen molar-refractivity contribution in [2.45, 2.75) is 20.3 Å². The number of nitrogen functional groups attached to an aromatic ring is 1. The van der Waals surface area contributed by atoms with E-state index in [0.717, 1.165) is 36.9 Å². The minimum atomic E-state index is 0.302. The molecule has 0 aliphatic carbocycles. The van der Waals surface area contributed by atoms with Gasteiger partial charge in [-0.25, -0.2) is 0 Å². The van der Waals surface area contributed by atoms with Crippen LogP contribution in [0.2, 0.25) is 0 Å². The van der Waals surface area contributed by atoms with Crippen molar-refractivity contribution in [3.63, 3.8) is 0 Å². The predicted octanol–water partition coefficient (Wildman–Crippen LogP) is 2.29. The normalized spacial score (nSPS) is 12.2. The van der Waals surface area contributed by atoms with Gasteiger partial charge in [-0.05, 0) is 24.3 Å². The highest BCUT2D eigenvalue weighted by molar-refractivity contribution is 7.98. The highest BCUT2D eigenvalue weighted by Crippen LogP contribution is 2.13. The average molecular weight is 269 g/mol. The SMILES string of the molecule is CCCNc1cc(NCC(C)CSC)nc(N)n1. The fourth-order valence-electron chi connectivity index (χ4n) is 1.52. The van der Waals surface area contributed by atoms with Gasteiger partial charge >= 0.3 is 0 Å². The molecule has 0 aliphatic rings. The maximum absolute atomic E-state index is 5.69. The number of aromatic nitrogens is 2. The number of nitrogens with two attached hydrogens (primary N) is 1. The standard InChI is InChI=1S/C12H23N5S/c1-4-5-14-10-6-11(17-12(13)16-10)15-7-9(2)8-18-3/h6,9H,4-5,7-8H2,1-3H3,(H4,13,14,15,16,17). The Balaban J connectivity index is 2.56. The van der Waals surface area contributed by atoms with Crippen molar-refractivity contribution in [3.8, 4) is 0 Å². The van der Waals surface area contributed by atoms with Gasteiger partial charge in [-0.3, -0.25) is 0 Å². The zero-order valence-corrected chi connectivity index (χ0v) is 12.2. The summed E-state index contributed by atoms with van der Waals surface area (Å²) < 4.78 is 0. The molecule has 1 unspecified atom stereocenters. The molecular formula is C12H23N5S. The Kier molecular flexibility index (Phi) is 6.64. The lowest BCUT2D eigenvalue weighted by Crippen LogP contribution is -2.15. The number of nitrogens with one attached hydrogen (secondary N) is 2. The van der Waals surface area contributed by atoms with Crippen LogP contribution in [0.25, 0.3) is 0 Å². The summed E-state index contributed by atoms with van der Waals surface area (Å²) in [5, 5.41) is 6.52. The van der Waals surface area contributed by atoms with Crippen molar-refractivity contribution >= 4 is 29.3 Å². The van der Waals surface area contributed by atoms with Crippen LogP contribution >= 0.6 is 11.8 Å². The Morgan fingerprint density at radius 1 is 1.33 bits per heavy atom. The van der Waals surface area contributed by atoms with E-state index in [-0.39, 0.29) is 0 Å². The second-order valence-electron chi connectivity index (χ2n) is 4.36. The summed E-state index contributed by atoms with van der Waals surface area (Å²) in [6.45, 7) is 6.11. The maximum Gasteiger partial charge on any atom is 0.223 e. The lowest BCUT2D eigenvalue weighted by Gasteiger charge is -2.13. The molecule has 0 aliphatic heterocycles. The summed E-state index contributed by atoms with van der Waals surface area (Å²) in [5.41, 5.74) is 5.69. The zero-order valence-electron chi connectivity index (χ0n) is 11.4. The molecule has 1 aromatic heterocycles. The Morgan fingerprint density at radius 2 is 2.00 bits per heavy atom. The minimum absolute atomic E-state index is 0.302. The summed E-state index contributed by atoms with van der Waals surface area (Å²) in [7, 11) is 0. The number of thioether (sulfide) groups is 1. The first kappa shape index (κ1) is 14.9. The van der Waals surface area contributed by atoms with E-state index in [1.807, 2.05) is 17.8 Å². The first-order valence-electron chi connectivity index (χ1n) is 6.27. The van der Waals surface area contributed by atoms with Crippen LogP contribution in [0.1, 0.15) is 20.3 Å². The van der Waals surface area contributed by atoms with Gasteiger partial charge in [0.15, 0.2) is 0 Å². The van der Waals surface area contributed by atoms with Gasteiger partial charge in [0.2, 0.25) is 5.95 Å². The lowest BCUT2D eigenvalue weighted by atomic mass is 10.2. The van der Waals surface area contributed by atoms with Crippen molar-refractivity contribution in [3.05, 3.63) is 6.07 Å². The van der Waals surface area contributed by atoms with Crippen molar-refractivity contribution in [2.24, 2.45) is 5.92 Å². The molecule has 6 heteroatoms. The van der Waals surface area contributed by atoms with Gasteiger partial charge in [0.05, 0.1) is 0 Å². The number of rotatable bonds is 8. The topological polar surface area (TPSA) is 75.9 Å². The molecule has 1 aromatic rings. The Morgan fingerprint density at radius 3 is 2.61 bits per heavy atom. The molecule has 18 heavy (non-hydrogen) atoms. The molecular weight excluding hydrogens is 246 g/mol. The second-order valence-corrected chi connectivity index (χ2v) is 5.28.